The van der Waals surface area contributed by atoms with E-state index in [1.807, 2.05) is 0 Å². The summed E-state index contributed by atoms with van der Waals surface area (Å²) in [5.74, 6) is -6.36. The van der Waals surface area contributed by atoms with E-state index in [1.54, 1.807) is 18.2 Å². The van der Waals surface area contributed by atoms with Crippen molar-refractivity contribution in [2.24, 2.45) is 0 Å². The first-order valence-corrected chi connectivity index (χ1v) is 7.51. The van der Waals surface area contributed by atoms with Crippen molar-refractivity contribution in [1.82, 2.24) is 0 Å². The van der Waals surface area contributed by atoms with Crippen molar-refractivity contribution in [3.63, 3.8) is 0 Å². The van der Waals surface area contributed by atoms with Crippen LogP contribution in [0.5, 0.6) is 0 Å². The van der Waals surface area contributed by atoms with Gasteiger partial charge in [-0.3, -0.25) is 0 Å². The molecule has 0 amide bonds. The number of rotatable bonds is 6. The minimum absolute atomic E-state index is 0.288. The zero-order valence-corrected chi connectivity index (χ0v) is 12.7. The molecule has 0 saturated heterocycles. The second-order valence-electron chi connectivity index (χ2n) is 4.69. The van der Waals surface area contributed by atoms with Gasteiger partial charge in [0, 0.05) is 6.08 Å². The zero-order chi connectivity index (χ0) is 17.0. The topological polar surface area (TPSA) is 130 Å². The van der Waals surface area contributed by atoms with Crippen LogP contribution < -0.4 is 10.2 Å². The molecule has 0 heterocycles. The van der Waals surface area contributed by atoms with E-state index in [4.69, 9.17) is 0 Å². The predicted molar refractivity (Wildman–Crippen MR) is 79.1 cm³/mol. The summed E-state index contributed by atoms with van der Waals surface area (Å²) in [5.41, 5.74) is 0. The highest BCUT2D eigenvalue weighted by atomic mass is 31.1. The SMILES string of the molecule is C=CC(=O)OC(C(C)(O)O)C(O)(O)/C=[P+](\[O-])c1ccccc1. The summed E-state index contributed by atoms with van der Waals surface area (Å²) in [6.45, 7) is 3.91. The van der Waals surface area contributed by atoms with Crippen LogP contribution in [0, 0.1) is 0 Å². The Balaban J connectivity index is 3.16. The third-order valence-corrected chi connectivity index (χ3v) is 4.02. The molecule has 0 aliphatic rings. The van der Waals surface area contributed by atoms with Crippen molar-refractivity contribution in [3.8, 4) is 0 Å². The Morgan fingerprint density at radius 2 is 1.86 bits per heavy atom. The molecule has 1 aromatic carbocycles. The third kappa shape index (κ3) is 4.99. The van der Waals surface area contributed by atoms with E-state index in [-0.39, 0.29) is 5.30 Å². The molecule has 0 aliphatic carbocycles. The van der Waals surface area contributed by atoms with Gasteiger partial charge in [-0.2, -0.15) is 0 Å². The second kappa shape index (κ2) is 7.11. The molecule has 22 heavy (non-hydrogen) atoms. The van der Waals surface area contributed by atoms with Crippen LogP contribution in [0.4, 0.5) is 0 Å². The minimum atomic E-state index is -3.04. The highest BCUT2D eigenvalue weighted by molar-refractivity contribution is 7.58. The Morgan fingerprint density at radius 1 is 1.32 bits per heavy atom. The summed E-state index contributed by atoms with van der Waals surface area (Å²) in [5, 5.41) is 39.3. The number of ether oxygens (including phenoxy) is 1. The average molecular weight is 328 g/mol. The van der Waals surface area contributed by atoms with E-state index in [1.165, 1.54) is 12.1 Å². The fourth-order valence-corrected chi connectivity index (χ4v) is 2.75. The summed E-state index contributed by atoms with van der Waals surface area (Å²) in [6.07, 6.45) is -1.47. The Hall–Kier alpha value is -1.60. The Labute approximate surface area is 128 Å². The molecule has 0 spiro atoms. The summed E-state index contributed by atoms with van der Waals surface area (Å²) in [6, 6.07) is 7.87. The molecule has 1 rings (SSSR count). The molecule has 0 radical (unpaired) electrons. The van der Waals surface area contributed by atoms with Gasteiger partial charge in [-0.1, -0.05) is 24.8 Å². The molecule has 120 valence electrons. The van der Waals surface area contributed by atoms with Gasteiger partial charge in [0.15, 0.2) is 5.80 Å². The van der Waals surface area contributed by atoms with Crippen LogP contribution in [0.15, 0.2) is 43.0 Å². The van der Waals surface area contributed by atoms with Crippen molar-refractivity contribution in [1.29, 1.82) is 0 Å². The molecule has 0 fully saturated rings. The number of esters is 1. The second-order valence-corrected chi connectivity index (χ2v) is 6.11. The highest BCUT2D eigenvalue weighted by Crippen LogP contribution is 2.24. The summed E-state index contributed by atoms with van der Waals surface area (Å²) < 4.78 is 4.55. The van der Waals surface area contributed by atoms with E-state index in [9.17, 15) is 30.1 Å². The third-order valence-electron chi connectivity index (χ3n) is 2.60. The maximum atomic E-state index is 12.1. The number of carbonyl (C=O) groups is 1. The fourth-order valence-electron chi connectivity index (χ4n) is 1.65. The normalized spacial score (nSPS) is 14.4. The predicted octanol–water partition coefficient (Wildman–Crippen LogP) is -1.65. The molecule has 2 atom stereocenters. The van der Waals surface area contributed by atoms with Crippen LogP contribution >= 0.6 is 7.77 Å². The molecule has 4 N–H and O–H groups in total. The average Bonchev–Trinajstić information content (AvgIpc) is 2.43. The van der Waals surface area contributed by atoms with Crippen LogP contribution in [0.3, 0.4) is 0 Å². The van der Waals surface area contributed by atoms with E-state index < -0.39 is 31.4 Å². The summed E-state index contributed by atoms with van der Waals surface area (Å²) in [7, 11) is -2.39. The first kappa shape index (κ1) is 18.4. The maximum absolute atomic E-state index is 12.1. The fraction of sp³-hybridized carbons (Fsp3) is 0.286. The number of aliphatic hydroxyl groups is 4. The first-order chi connectivity index (χ1) is 10.1. The smallest absolute Gasteiger partial charge is 0.330 e. The molecule has 2 unspecified atom stereocenters. The Bertz CT molecular complexity index is 560. The van der Waals surface area contributed by atoms with E-state index >= 15 is 0 Å². The van der Waals surface area contributed by atoms with Crippen molar-refractivity contribution in [3.05, 3.63) is 43.0 Å². The molecular weight excluding hydrogens is 311 g/mol. The van der Waals surface area contributed by atoms with Gasteiger partial charge in [0.2, 0.25) is 11.9 Å². The number of benzene rings is 1. The standard InChI is InChI=1S/C14H17O7P/c1-3-11(15)21-12(13(2,16)17)14(18,19)9-22(20)10-7-5-4-6-8-10/h3-9,12,16-19H,1H2,2H3. The Morgan fingerprint density at radius 3 is 2.32 bits per heavy atom. The van der Waals surface area contributed by atoms with Gasteiger partial charge >= 0.3 is 5.97 Å². The lowest BCUT2D eigenvalue weighted by Gasteiger charge is -2.33. The lowest BCUT2D eigenvalue weighted by molar-refractivity contribution is -0.293. The molecular formula is C14H17O7P. The van der Waals surface area contributed by atoms with Crippen molar-refractivity contribution >= 4 is 24.8 Å². The van der Waals surface area contributed by atoms with E-state index in [0.717, 1.165) is 6.92 Å². The van der Waals surface area contributed by atoms with Gasteiger partial charge in [0.05, 0.1) is 7.77 Å². The zero-order valence-electron chi connectivity index (χ0n) is 11.8. The first-order valence-electron chi connectivity index (χ1n) is 6.18. The molecule has 0 aliphatic heterocycles. The van der Waals surface area contributed by atoms with Gasteiger partial charge in [0.1, 0.15) is 5.30 Å². The minimum Gasteiger partial charge on any atom is -0.626 e. The van der Waals surface area contributed by atoms with Gasteiger partial charge in [-0.15, -0.1) is 0 Å². The number of hydrogen-bond donors (Lipinski definition) is 4. The quantitative estimate of drug-likeness (QED) is 0.213. The van der Waals surface area contributed by atoms with Gasteiger partial charge < -0.3 is 30.1 Å². The van der Waals surface area contributed by atoms with Crippen LogP contribution in [0.1, 0.15) is 6.92 Å². The van der Waals surface area contributed by atoms with Crippen molar-refractivity contribution < 1.29 is 34.9 Å². The maximum Gasteiger partial charge on any atom is 0.330 e. The molecule has 8 heteroatoms. The highest BCUT2D eigenvalue weighted by Gasteiger charge is 2.49. The van der Waals surface area contributed by atoms with E-state index in [0.29, 0.717) is 11.9 Å². The molecule has 1 aromatic rings. The largest absolute Gasteiger partial charge is 0.626 e. The van der Waals surface area contributed by atoms with Gasteiger partial charge in [0.25, 0.3) is 5.79 Å². The molecule has 0 aromatic heterocycles. The van der Waals surface area contributed by atoms with Crippen LogP contribution in [-0.4, -0.2) is 49.9 Å². The summed E-state index contributed by atoms with van der Waals surface area (Å²) >= 11 is 0. The number of hydrogen-bond acceptors (Lipinski definition) is 7. The molecule has 0 bridgehead atoms. The molecule has 0 saturated carbocycles. The lowest BCUT2D eigenvalue weighted by atomic mass is 10.0. The summed E-state index contributed by atoms with van der Waals surface area (Å²) in [4.78, 5) is 23.3. The van der Waals surface area contributed by atoms with Gasteiger partial charge in [-0.25, -0.2) is 4.79 Å². The number of carbonyl (C=O) groups excluding carboxylic acids is 1. The van der Waals surface area contributed by atoms with Crippen LogP contribution in [0.2, 0.25) is 0 Å². The van der Waals surface area contributed by atoms with Crippen molar-refractivity contribution in [2.75, 3.05) is 0 Å². The Kier molecular flexibility index (Phi) is 5.96. The monoisotopic (exact) mass is 328 g/mol. The van der Waals surface area contributed by atoms with Crippen LogP contribution in [-0.2, 0) is 9.53 Å². The van der Waals surface area contributed by atoms with Gasteiger partial charge in [-0.05, 0) is 19.1 Å². The van der Waals surface area contributed by atoms with E-state index in [2.05, 4.69) is 11.3 Å². The lowest BCUT2D eigenvalue weighted by Crippen LogP contribution is -2.58. The van der Waals surface area contributed by atoms with Crippen LogP contribution in [0.25, 0.3) is 0 Å². The van der Waals surface area contributed by atoms with Crippen molar-refractivity contribution in [2.45, 2.75) is 24.6 Å². The molecule has 7 nitrogen and oxygen atoms in total.